The third kappa shape index (κ3) is 1.97. The van der Waals surface area contributed by atoms with Crippen LogP contribution >= 0.6 is 22.9 Å². The van der Waals surface area contributed by atoms with Crippen LogP contribution in [0.15, 0.2) is 11.6 Å². The minimum atomic E-state index is -0.475. The summed E-state index contributed by atoms with van der Waals surface area (Å²) in [6.07, 6.45) is 1.56. The Bertz CT molecular complexity index is 211. The van der Waals surface area contributed by atoms with Crippen molar-refractivity contribution in [1.82, 2.24) is 4.98 Å². The van der Waals surface area contributed by atoms with E-state index in [9.17, 15) is 4.79 Å². The molecule has 0 N–H and O–H groups in total. The molecule has 0 aliphatic carbocycles. The van der Waals surface area contributed by atoms with Gasteiger partial charge in [0, 0.05) is 11.6 Å². The number of hydrogen-bond donors (Lipinski definition) is 0. The standard InChI is InChI=1S/C5H4ClNO2S/c6-3-4(8)9-5-7-1-2-10-5/h1-2H,3H2. The summed E-state index contributed by atoms with van der Waals surface area (Å²) in [6.45, 7) is 0. The molecule has 1 aromatic heterocycles. The van der Waals surface area contributed by atoms with Crippen LogP contribution in [0, 0.1) is 0 Å². The number of aromatic nitrogens is 1. The highest BCUT2D eigenvalue weighted by atomic mass is 35.5. The van der Waals surface area contributed by atoms with E-state index in [2.05, 4.69) is 9.72 Å². The Balaban J connectivity index is 2.48. The van der Waals surface area contributed by atoms with Gasteiger partial charge in [-0.1, -0.05) is 11.3 Å². The number of rotatable bonds is 2. The molecule has 0 aromatic carbocycles. The molecule has 0 bridgehead atoms. The van der Waals surface area contributed by atoms with E-state index in [1.807, 2.05) is 0 Å². The Kier molecular flexibility index (Phi) is 2.65. The lowest BCUT2D eigenvalue weighted by Crippen LogP contribution is -2.08. The topological polar surface area (TPSA) is 39.2 Å². The number of nitrogens with zero attached hydrogens (tertiary/aromatic N) is 1. The first-order valence-corrected chi connectivity index (χ1v) is 3.90. The second-order valence-electron chi connectivity index (χ2n) is 1.41. The van der Waals surface area contributed by atoms with Crippen LogP contribution in [0.1, 0.15) is 0 Å². The largest absolute Gasteiger partial charge is 0.397 e. The maximum Gasteiger partial charge on any atom is 0.328 e. The molecule has 0 aliphatic heterocycles. The van der Waals surface area contributed by atoms with Crippen molar-refractivity contribution in [2.24, 2.45) is 0 Å². The molecule has 0 fully saturated rings. The molecule has 0 atom stereocenters. The van der Waals surface area contributed by atoms with Gasteiger partial charge in [-0.2, -0.15) is 0 Å². The van der Waals surface area contributed by atoms with E-state index in [4.69, 9.17) is 11.6 Å². The van der Waals surface area contributed by atoms with E-state index in [1.165, 1.54) is 11.3 Å². The van der Waals surface area contributed by atoms with Crippen molar-refractivity contribution in [3.63, 3.8) is 0 Å². The molecule has 0 radical (unpaired) electrons. The minimum absolute atomic E-state index is 0.139. The minimum Gasteiger partial charge on any atom is -0.397 e. The third-order valence-corrected chi connectivity index (χ3v) is 1.59. The van der Waals surface area contributed by atoms with Crippen molar-refractivity contribution in [2.45, 2.75) is 0 Å². The van der Waals surface area contributed by atoms with E-state index in [-0.39, 0.29) is 5.88 Å². The second-order valence-corrected chi connectivity index (χ2v) is 2.53. The zero-order chi connectivity index (χ0) is 7.40. The Morgan fingerprint density at radius 3 is 3.20 bits per heavy atom. The normalized spacial score (nSPS) is 9.30. The summed E-state index contributed by atoms with van der Waals surface area (Å²) >= 11 is 6.43. The van der Waals surface area contributed by atoms with E-state index >= 15 is 0 Å². The molecule has 1 heterocycles. The first-order chi connectivity index (χ1) is 4.83. The maximum absolute atomic E-state index is 10.5. The van der Waals surface area contributed by atoms with Gasteiger partial charge in [0.1, 0.15) is 5.88 Å². The van der Waals surface area contributed by atoms with Gasteiger partial charge in [0.15, 0.2) is 0 Å². The third-order valence-electron chi connectivity index (χ3n) is 0.720. The predicted molar refractivity (Wildman–Crippen MR) is 38.5 cm³/mol. The molecule has 0 saturated carbocycles. The van der Waals surface area contributed by atoms with Gasteiger partial charge in [-0.3, -0.25) is 4.79 Å². The SMILES string of the molecule is O=C(CCl)Oc1nccs1. The molecule has 10 heavy (non-hydrogen) atoms. The average molecular weight is 178 g/mol. The number of halogens is 1. The van der Waals surface area contributed by atoms with Crippen LogP contribution in [-0.4, -0.2) is 16.8 Å². The van der Waals surface area contributed by atoms with Crippen LogP contribution in [0.25, 0.3) is 0 Å². The van der Waals surface area contributed by atoms with Gasteiger partial charge in [0.2, 0.25) is 0 Å². The Morgan fingerprint density at radius 2 is 2.70 bits per heavy atom. The summed E-state index contributed by atoms with van der Waals surface area (Å²) in [5.41, 5.74) is 0. The van der Waals surface area contributed by atoms with Crippen molar-refractivity contribution in [3.8, 4) is 5.19 Å². The van der Waals surface area contributed by atoms with Crippen LogP contribution in [0.4, 0.5) is 0 Å². The van der Waals surface area contributed by atoms with Crippen LogP contribution in [0.2, 0.25) is 0 Å². The lowest BCUT2D eigenvalue weighted by Gasteiger charge is -1.92. The number of hydrogen-bond acceptors (Lipinski definition) is 4. The van der Waals surface area contributed by atoms with Crippen molar-refractivity contribution in [1.29, 1.82) is 0 Å². The molecule has 1 aromatic rings. The molecule has 0 amide bonds. The monoisotopic (exact) mass is 177 g/mol. The summed E-state index contributed by atoms with van der Waals surface area (Å²) < 4.78 is 4.64. The van der Waals surface area contributed by atoms with Gasteiger partial charge in [-0.25, -0.2) is 4.98 Å². The molecule has 3 nitrogen and oxygen atoms in total. The molecule has 0 spiro atoms. The van der Waals surface area contributed by atoms with Crippen LogP contribution in [0.5, 0.6) is 5.19 Å². The fourth-order valence-corrected chi connectivity index (χ4v) is 0.941. The summed E-state index contributed by atoms with van der Waals surface area (Å²) in [7, 11) is 0. The van der Waals surface area contributed by atoms with E-state index in [0.717, 1.165) is 0 Å². The van der Waals surface area contributed by atoms with Crippen molar-refractivity contribution in [3.05, 3.63) is 11.6 Å². The second kappa shape index (κ2) is 3.53. The van der Waals surface area contributed by atoms with Gasteiger partial charge < -0.3 is 4.74 Å². The van der Waals surface area contributed by atoms with Crippen LogP contribution < -0.4 is 4.74 Å². The highest BCUT2D eigenvalue weighted by molar-refractivity contribution is 7.11. The van der Waals surface area contributed by atoms with Crippen LogP contribution in [0.3, 0.4) is 0 Å². The zero-order valence-corrected chi connectivity index (χ0v) is 6.48. The van der Waals surface area contributed by atoms with Gasteiger partial charge in [0.25, 0.3) is 5.19 Å². The fourth-order valence-electron chi connectivity index (χ4n) is 0.385. The molecule has 0 unspecified atom stereocenters. The smallest absolute Gasteiger partial charge is 0.328 e. The van der Waals surface area contributed by atoms with Gasteiger partial charge in [-0.05, 0) is 0 Å². The van der Waals surface area contributed by atoms with E-state index < -0.39 is 5.97 Å². The van der Waals surface area contributed by atoms with Gasteiger partial charge in [0.05, 0.1) is 0 Å². The molecular weight excluding hydrogens is 174 g/mol. The summed E-state index contributed by atoms with van der Waals surface area (Å²) in [6, 6.07) is 0. The number of thiazole rings is 1. The average Bonchev–Trinajstić information content (AvgIpc) is 2.40. The van der Waals surface area contributed by atoms with Crippen LogP contribution in [-0.2, 0) is 4.79 Å². The van der Waals surface area contributed by atoms with Crippen molar-refractivity contribution < 1.29 is 9.53 Å². The van der Waals surface area contributed by atoms with Crippen molar-refractivity contribution >= 4 is 28.9 Å². The molecule has 0 aliphatic rings. The summed E-state index contributed by atoms with van der Waals surface area (Å²) in [5, 5.41) is 2.06. The Hall–Kier alpha value is -0.610. The fraction of sp³-hybridized carbons (Fsp3) is 0.200. The van der Waals surface area contributed by atoms with Gasteiger partial charge >= 0.3 is 5.97 Å². The Labute approximate surface area is 66.6 Å². The number of ether oxygens (including phenoxy) is 1. The highest BCUT2D eigenvalue weighted by Crippen LogP contribution is 2.13. The lowest BCUT2D eigenvalue weighted by atomic mass is 10.8. The Morgan fingerprint density at radius 1 is 1.90 bits per heavy atom. The number of carbonyl (C=O) groups excluding carboxylic acids is 1. The number of alkyl halides is 1. The predicted octanol–water partition coefficient (Wildman–Crippen LogP) is 1.29. The first kappa shape index (κ1) is 7.50. The summed E-state index contributed by atoms with van der Waals surface area (Å²) in [5.74, 6) is -0.615. The highest BCUT2D eigenvalue weighted by Gasteiger charge is 2.02. The molecule has 0 saturated heterocycles. The molecule has 54 valence electrons. The molecular formula is C5H4ClNO2S. The quantitative estimate of drug-likeness (QED) is 0.505. The van der Waals surface area contributed by atoms with E-state index in [0.29, 0.717) is 5.19 Å². The number of carbonyl (C=O) groups is 1. The first-order valence-electron chi connectivity index (χ1n) is 2.49. The lowest BCUT2D eigenvalue weighted by molar-refractivity contribution is -0.131. The zero-order valence-electron chi connectivity index (χ0n) is 4.91. The number of esters is 1. The summed E-state index contributed by atoms with van der Waals surface area (Å²) in [4.78, 5) is 14.2. The molecule has 5 heteroatoms. The maximum atomic E-state index is 10.5. The van der Waals surface area contributed by atoms with E-state index in [1.54, 1.807) is 11.6 Å². The van der Waals surface area contributed by atoms with Gasteiger partial charge in [-0.15, -0.1) is 11.6 Å². The molecule has 1 rings (SSSR count). The van der Waals surface area contributed by atoms with Crippen molar-refractivity contribution in [2.75, 3.05) is 5.88 Å².